The summed E-state index contributed by atoms with van der Waals surface area (Å²) in [7, 11) is 0. The molecule has 0 unspecified atom stereocenters. The first-order chi connectivity index (χ1) is 9.95. The third kappa shape index (κ3) is 4.21. The Morgan fingerprint density at radius 2 is 1.71 bits per heavy atom. The maximum atomic E-state index is 11.2. The Morgan fingerprint density at radius 3 is 2.29 bits per heavy atom. The predicted octanol–water partition coefficient (Wildman–Crippen LogP) is 3.10. The van der Waals surface area contributed by atoms with E-state index in [1.807, 2.05) is 0 Å². The molecule has 0 saturated heterocycles. The Morgan fingerprint density at radius 1 is 1.05 bits per heavy atom. The van der Waals surface area contributed by atoms with Gasteiger partial charge < -0.3 is 14.2 Å². The molecule has 1 aromatic carbocycles. The van der Waals surface area contributed by atoms with Crippen molar-refractivity contribution in [1.82, 2.24) is 0 Å². The van der Waals surface area contributed by atoms with Gasteiger partial charge in [0, 0.05) is 19.9 Å². The minimum absolute atomic E-state index is 0.176. The lowest BCUT2D eigenvalue weighted by atomic mass is 10.1. The van der Waals surface area contributed by atoms with Gasteiger partial charge in [-0.1, -0.05) is 6.92 Å². The lowest BCUT2D eigenvalue weighted by Gasteiger charge is -2.19. The molecule has 5 heteroatoms. The highest BCUT2D eigenvalue weighted by Crippen LogP contribution is 2.35. The SMILES string of the molecule is CC(=O)Oc1ccc(O[C@@H]2CCC[C@H]2C)cc1OC(C)=O. The third-order valence-corrected chi connectivity index (χ3v) is 3.49. The van der Waals surface area contributed by atoms with E-state index in [-0.39, 0.29) is 17.6 Å². The summed E-state index contributed by atoms with van der Waals surface area (Å²) in [5.41, 5.74) is 0. The number of hydrogen-bond acceptors (Lipinski definition) is 5. The Hall–Kier alpha value is -2.04. The molecule has 2 rings (SSSR count). The number of benzene rings is 1. The monoisotopic (exact) mass is 292 g/mol. The summed E-state index contributed by atoms with van der Waals surface area (Å²) in [5.74, 6) is 0.581. The van der Waals surface area contributed by atoms with Crippen LogP contribution >= 0.6 is 0 Å². The van der Waals surface area contributed by atoms with E-state index in [2.05, 4.69) is 6.92 Å². The van der Waals surface area contributed by atoms with E-state index >= 15 is 0 Å². The van der Waals surface area contributed by atoms with Crippen molar-refractivity contribution in [3.63, 3.8) is 0 Å². The molecule has 2 atom stereocenters. The highest BCUT2D eigenvalue weighted by atomic mass is 16.6. The molecule has 1 aliphatic rings. The van der Waals surface area contributed by atoms with E-state index in [1.54, 1.807) is 18.2 Å². The Balaban J connectivity index is 2.19. The van der Waals surface area contributed by atoms with Crippen LogP contribution in [0.1, 0.15) is 40.0 Å². The van der Waals surface area contributed by atoms with Crippen molar-refractivity contribution in [3.05, 3.63) is 18.2 Å². The van der Waals surface area contributed by atoms with Crippen LogP contribution in [0.25, 0.3) is 0 Å². The summed E-state index contributed by atoms with van der Waals surface area (Å²) >= 11 is 0. The average molecular weight is 292 g/mol. The zero-order chi connectivity index (χ0) is 15.4. The summed E-state index contributed by atoms with van der Waals surface area (Å²) in [6.07, 6.45) is 3.52. The summed E-state index contributed by atoms with van der Waals surface area (Å²) in [4.78, 5) is 22.2. The highest BCUT2D eigenvalue weighted by Gasteiger charge is 2.25. The molecule has 0 amide bonds. The van der Waals surface area contributed by atoms with Gasteiger partial charge in [0.15, 0.2) is 11.5 Å². The van der Waals surface area contributed by atoms with Crippen molar-refractivity contribution < 1.29 is 23.8 Å². The maximum Gasteiger partial charge on any atom is 0.308 e. The average Bonchev–Trinajstić information content (AvgIpc) is 2.77. The van der Waals surface area contributed by atoms with Gasteiger partial charge in [-0.2, -0.15) is 0 Å². The minimum Gasteiger partial charge on any atom is -0.490 e. The van der Waals surface area contributed by atoms with Gasteiger partial charge in [0.05, 0.1) is 0 Å². The van der Waals surface area contributed by atoms with Gasteiger partial charge in [-0.05, 0) is 37.3 Å². The second kappa shape index (κ2) is 6.61. The van der Waals surface area contributed by atoms with Crippen LogP contribution in [0.2, 0.25) is 0 Å². The van der Waals surface area contributed by atoms with Crippen LogP contribution in [0.4, 0.5) is 0 Å². The van der Waals surface area contributed by atoms with E-state index < -0.39 is 11.9 Å². The summed E-state index contributed by atoms with van der Waals surface area (Å²) < 4.78 is 16.0. The molecular formula is C16H20O5. The van der Waals surface area contributed by atoms with Crippen molar-refractivity contribution in [2.24, 2.45) is 5.92 Å². The molecule has 5 nitrogen and oxygen atoms in total. The second-order valence-electron chi connectivity index (χ2n) is 5.36. The predicted molar refractivity (Wildman–Crippen MR) is 76.5 cm³/mol. The van der Waals surface area contributed by atoms with Crippen LogP contribution in [-0.4, -0.2) is 18.0 Å². The Bertz CT molecular complexity index is 537. The zero-order valence-electron chi connectivity index (χ0n) is 12.5. The van der Waals surface area contributed by atoms with Crippen molar-refractivity contribution in [3.8, 4) is 17.2 Å². The van der Waals surface area contributed by atoms with E-state index in [4.69, 9.17) is 14.2 Å². The molecule has 1 fully saturated rings. The lowest BCUT2D eigenvalue weighted by Crippen LogP contribution is -2.19. The van der Waals surface area contributed by atoms with Gasteiger partial charge in [0.1, 0.15) is 11.9 Å². The lowest BCUT2D eigenvalue weighted by molar-refractivity contribution is -0.134. The number of esters is 2. The molecule has 1 aliphatic carbocycles. The number of ether oxygens (including phenoxy) is 3. The zero-order valence-corrected chi connectivity index (χ0v) is 12.5. The maximum absolute atomic E-state index is 11.2. The molecule has 0 radical (unpaired) electrons. The molecule has 21 heavy (non-hydrogen) atoms. The van der Waals surface area contributed by atoms with Crippen molar-refractivity contribution in [1.29, 1.82) is 0 Å². The first-order valence-electron chi connectivity index (χ1n) is 7.13. The molecule has 114 valence electrons. The topological polar surface area (TPSA) is 61.8 Å². The molecule has 0 spiro atoms. The van der Waals surface area contributed by atoms with Gasteiger partial charge in [0.25, 0.3) is 0 Å². The Kier molecular flexibility index (Phi) is 4.83. The van der Waals surface area contributed by atoms with E-state index in [0.717, 1.165) is 19.3 Å². The molecule has 0 N–H and O–H groups in total. The molecule has 0 aliphatic heterocycles. The number of carbonyl (C=O) groups is 2. The quantitative estimate of drug-likeness (QED) is 0.630. The van der Waals surface area contributed by atoms with Crippen molar-refractivity contribution in [2.75, 3.05) is 0 Å². The summed E-state index contributed by atoms with van der Waals surface area (Å²) in [5, 5.41) is 0. The van der Waals surface area contributed by atoms with Crippen LogP contribution < -0.4 is 14.2 Å². The van der Waals surface area contributed by atoms with E-state index in [1.165, 1.54) is 13.8 Å². The number of hydrogen-bond donors (Lipinski definition) is 0. The minimum atomic E-state index is -0.477. The third-order valence-electron chi connectivity index (χ3n) is 3.49. The summed E-state index contributed by atoms with van der Waals surface area (Å²) in [6, 6.07) is 4.88. The number of rotatable bonds is 4. The molecule has 1 saturated carbocycles. The second-order valence-corrected chi connectivity index (χ2v) is 5.36. The Labute approximate surface area is 124 Å². The van der Waals surface area contributed by atoms with Crippen LogP contribution in [-0.2, 0) is 9.59 Å². The summed E-state index contributed by atoms with van der Waals surface area (Å²) in [6.45, 7) is 4.75. The van der Waals surface area contributed by atoms with Gasteiger partial charge in [0.2, 0.25) is 0 Å². The smallest absolute Gasteiger partial charge is 0.308 e. The van der Waals surface area contributed by atoms with Crippen LogP contribution in [0.5, 0.6) is 17.2 Å². The van der Waals surface area contributed by atoms with Crippen LogP contribution in [0.15, 0.2) is 18.2 Å². The molecular weight excluding hydrogens is 272 g/mol. The fraction of sp³-hybridized carbons (Fsp3) is 0.500. The van der Waals surface area contributed by atoms with Gasteiger partial charge in [-0.15, -0.1) is 0 Å². The molecule has 0 heterocycles. The van der Waals surface area contributed by atoms with Crippen LogP contribution in [0.3, 0.4) is 0 Å². The van der Waals surface area contributed by atoms with Gasteiger partial charge in [-0.25, -0.2) is 0 Å². The first kappa shape index (κ1) is 15.4. The van der Waals surface area contributed by atoms with Gasteiger partial charge in [-0.3, -0.25) is 9.59 Å². The number of carbonyl (C=O) groups excluding carboxylic acids is 2. The fourth-order valence-electron chi connectivity index (χ4n) is 2.50. The van der Waals surface area contributed by atoms with E-state index in [0.29, 0.717) is 11.7 Å². The van der Waals surface area contributed by atoms with E-state index in [9.17, 15) is 9.59 Å². The van der Waals surface area contributed by atoms with Crippen LogP contribution in [0, 0.1) is 5.92 Å². The fourth-order valence-corrected chi connectivity index (χ4v) is 2.50. The largest absolute Gasteiger partial charge is 0.490 e. The first-order valence-corrected chi connectivity index (χ1v) is 7.13. The molecule has 1 aromatic rings. The normalized spacial score (nSPS) is 20.9. The van der Waals surface area contributed by atoms with Gasteiger partial charge >= 0.3 is 11.9 Å². The van der Waals surface area contributed by atoms with Crippen molar-refractivity contribution >= 4 is 11.9 Å². The van der Waals surface area contributed by atoms with Crippen molar-refractivity contribution in [2.45, 2.75) is 46.1 Å². The standard InChI is InChI=1S/C16H20O5/c1-10-5-4-6-14(10)21-13-7-8-15(19-11(2)17)16(9-13)20-12(3)18/h7-10,14H,4-6H2,1-3H3/t10-,14-/m1/s1. The highest BCUT2D eigenvalue weighted by molar-refractivity contribution is 5.73. The molecule has 0 aromatic heterocycles. The molecule has 0 bridgehead atoms.